The van der Waals surface area contributed by atoms with E-state index in [1.807, 2.05) is 35.7 Å². The number of pyridine rings is 1. The van der Waals surface area contributed by atoms with E-state index in [1.165, 1.54) is 10.4 Å². The molecule has 0 radical (unpaired) electrons. The second kappa shape index (κ2) is 6.81. The van der Waals surface area contributed by atoms with Crippen LogP contribution in [0.1, 0.15) is 29.3 Å². The van der Waals surface area contributed by atoms with E-state index < -0.39 is 0 Å². The summed E-state index contributed by atoms with van der Waals surface area (Å²) in [6.45, 7) is 2.96. The van der Waals surface area contributed by atoms with Crippen LogP contribution in [0.15, 0.2) is 35.8 Å². The smallest absolute Gasteiger partial charge is 0.315 e. The molecular weight excluding hydrogens is 338 g/mol. The Morgan fingerprint density at radius 3 is 3.28 bits per heavy atom. The SMILES string of the molecule is CC(NC(=O)NCc1nnc2ccccn12)C1OCCc2sccc21. The van der Waals surface area contributed by atoms with E-state index in [9.17, 15) is 4.79 Å². The van der Waals surface area contributed by atoms with Crippen molar-refractivity contribution in [2.24, 2.45) is 0 Å². The van der Waals surface area contributed by atoms with Gasteiger partial charge in [0.25, 0.3) is 0 Å². The van der Waals surface area contributed by atoms with Gasteiger partial charge in [-0.15, -0.1) is 21.5 Å². The monoisotopic (exact) mass is 357 g/mol. The van der Waals surface area contributed by atoms with Gasteiger partial charge in [0, 0.05) is 17.5 Å². The third kappa shape index (κ3) is 3.22. The van der Waals surface area contributed by atoms with Crippen LogP contribution in [0.4, 0.5) is 4.79 Å². The van der Waals surface area contributed by atoms with Crippen LogP contribution in [0.5, 0.6) is 0 Å². The summed E-state index contributed by atoms with van der Waals surface area (Å²) in [5, 5.41) is 16.1. The van der Waals surface area contributed by atoms with E-state index in [4.69, 9.17) is 4.74 Å². The maximum atomic E-state index is 12.2. The van der Waals surface area contributed by atoms with E-state index in [1.54, 1.807) is 11.3 Å². The molecule has 2 amide bonds. The minimum atomic E-state index is -0.244. The van der Waals surface area contributed by atoms with Crippen LogP contribution in [0, 0.1) is 0 Å². The molecule has 0 saturated carbocycles. The lowest BCUT2D eigenvalue weighted by molar-refractivity contribution is 0.0233. The molecule has 0 saturated heterocycles. The van der Waals surface area contributed by atoms with Crippen molar-refractivity contribution in [1.29, 1.82) is 0 Å². The quantitative estimate of drug-likeness (QED) is 0.751. The highest BCUT2D eigenvalue weighted by molar-refractivity contribution is 7.10. The normalized spacial score (nSPS) is 17.9. The summed E-state index contributed by atoms with van der Waals surface area (Å²) in [5.74, 6) is 0.687. The number of rotatable bonds is 4. The summed E-state index contributed by atoms with van der Waals surface area (Å²) < 4.78 is 7.72. The van der Waals surface area contributed by atoms with Crippen LogP contribution >= 0.6 is 11.3 Å². The molecule has 3 aromatic heterocycles. The number of hydrogen-bond acceptors (Lipinski definition) is 5. The van der Waals surface area contributed by atoms with Crippen LogP contribution in [-0.2, 0) is 17.7 Å². The molecule has 0 bridgehead atoms. The summed E-state index contributed by atoms with van der Waals surface area (Å²) in [6, 6.07) is 7.40. The number of nitrogens with zero attached hydrogens (tertiary/aromatic N) is 3. The van der Waals surface area contributed by atoms with Crippen LogP contribution in [-0.4, -0.2) is 33.3 Å². The summed E-state index contributed by atoms with van der Waals surface area (Å²) in [4.78, 5) is 13.6. The van der Waals surface area contributed by atoms with Crippen molar-refractivity contribution in [3.8, 4) is 0 Å². The molecule has 2 atom stereocenters. The molecular formula is C17H19N5O2S. The first kappa shape index (κ1) is 16.0. The molecule has 3 aromatic rings. The average molecular weight is 357 g/mol. The number of carbonyl (C=O) groups is 1. The highest BCUT2D eigenvalue weighted by atomic mass is 32.1. The molecule has 130 valence electrons. The van der Waals surface area contributed by atoms with E-state index >= 15 is 0 Å². The number of urea groups is 1. The third-order valence-corrected chi connectivity index (χ3v) is 5.31. The Hall–Kier alpha value is -2.45. The van der Waals surface area contributed by atoms with Gasteiger partial charge in [-0.25, -0.2) is 4.79 Å². The van der Waals surface area contributed by atoms with E-state index in [0.29, 0.717) is 19.0 Å². The first-order valence-electron chi connectivity index (χ1n) is 8.23. The van der Waals surface area contributed by atoms with Gasteiger partial charge in [-0.3, -0.25) is 4.40 Å². The molecule has 2 N–H and O–H groups in total. The largest absolute Gasteiger partial charge is 0.371 e. The number of carbonyl (C=O) groups excluding carboxylic acids is 1. The molecule has 4 heterocycles. The number of ether oxygens (including phenoxy) is 1. The van der Waals surface area contributed by atoms with Crippen molar-refractivity contribution in [3.63, 3.8) is 0 Å². The Kier molecular flexibility index (Phi) is 4.37. The maximum Gasteiger partial charge on any atom is 0.315 e. The van der Waals surface area contributed by atoms with Crippen molar-refractivity contribution in [1.82, 2.24) is 25.2 Å². The molecule has 2 unspecified atom stereocenters. The minimum absolute atomic E-state index is 0.102. The van der Waals surface area contributed by atoms with Crippen molar-refractivity contribution < 1.29 is 9.53 Å². The molecule has 0 aliphatic carbocycles. The summed E-state index contributed by atoms with van der Waals surface area (Å²) in [7, 11) is 0. The molecule has 0 fully saturated rings. The number of amides is 2. The maximum absolute atomic E-state index is 12.2. The van der Waals surface area contributed by atoms with E-state index in [0.717, 1.165) is 12.1 Å². The second-order valence-corrected chi connectivity index (χ2v) is 7.00. The summed E-state index contributed by atoms with van der Waals surface area (Å²) >= 11 is 1.75. The standard InChI is InChI=1S/C17H19N5O2S/c1-11(16-12-6-9-25-13(12)5-8-24-16)19-17(23)18-10-15-21-20-14-4-2-3-7-22(14)15/h2-4,6-7,9,11,16H,5,8,10H2,1H3,(H2,18,19,23). The fourth-order valence-corrected chi connectivity index (χ4v) is 3.99. The van der Waals surface area contributed by atoms with Gasteiger partial charge in [-0.2, -0.15) is 0 Å². The number of hydrogen-bond donors (Lipinski definition) is 2. The van der Waals surface area contributed by atoms with Crippen LogP contribution in [0.3, 0.4) is 0 Å². The Bertz CT molecular complexity index is 890. The van der Waals surface area contributed by atoms with E-state index in [2.05, 4.69) is 32.3 Å². The lowest BCUT2D eigenvalue weighted by atomic mass is 10.0. The second-order valence-electron chi connectivity index (χ2n) is 6.00. The van der Waals surface area contributed by atoms with Gasteiger partial charge in [0.15, 0.2) is 11.5 Å². The zero-order valence-electron chi connectivity index (χ0n) is 13.8. The predicted molar refractivity (Wildman–Crippen MR) is 94.5 cm³/mol. The van der Waals surface area contributed by atoms with Crippen LogP contribution in [0.2, 0.25) is 0 Å². The zero-order valence-corrected chi connectivity index (χ0v) is 14.6. The van der Waals surface area contributed by atoms with Crippen molar-refractivity contribution in [2.45, 2.75) is 32.0 Å². The molecule has 0 spiro atoms. The van der Waals surface area contributed by atoms with Gasteiger partial charge >= 0.3 is 6.03 Å². The molecule has 25 heavy (non-hydrogen) atoms. The van der Waals surface area contributed by atoms with Crippen molar-refractivity contribution in [2.75, 3.05) is 6.61 Å². The number of thiophene rings is 1. The Morgan fingerprint density at radius 2 is 2.36 bits per heavy atom. The van der Waals surface area contributed by atoms with Gasteiger partial charge < -0.3 is 15.4 Å². The Balaban J connectivity index is 1.36. The lowest BCUT2D eigenvalue weighted by Gasteiger charge is -2.29. The molecule has 7 nitrogen and oxygen atoms in total. The highest BCUT2D eigenvalue weighted by Crippen LogP contribution is 2.33. The minimum Gasteiger partial charge on any atom is -0.371 e. The van der Waals surface area contributed by atoms with Gasteiger partial charge in [-0.05, 0) is 36.1 Å². The molecule has 1 aliphatic heterocycles. The summed E-state index contributed by atoms with van der Waals surface area (Å²) in [6.07, 6.45) is 2.72. The molecule has 1 aliphatic rings. The third-order valence-electron chi connectivity index (χ3n) is 4.32. The lowest BCUT2D eigenvalue weighted by Crippen LogP contribution is -2.44. The van der Waals surface area contributed by atoms with E-state index in [-0.39, 0.29) is 18.2 Å². The predicted octanol–water partition coefficient (Wildman–Crippen LogP) is 2.29. The van der Waals surface area contributed by atoms with Gasteiger partial charge in [0.05, 0.1) is 19.2 Å². The number of aromatic nitrogens is 3. The molecule has 8 heteroatoms. The Labute approximate surface area is 149 Å². The van der Waals surface area contributed by atoms with Crippen LogP contribution in [0.25, 0.3) is 5.65 Å². The number of fused-ring (bicyclic) bond motifs is 2. The fraction of sp³-hybridized carbons (Fsp3) is 0.353. The molecule has 4 rings (SSSR count). The Morgan fingerprint density at radius 1 is 1.44 bits per heavy atom. The van der Waals surface area contributed by atoms with Gasteiger partial charge in [0.1, 0.15) is 6.10 Å². The van der Waals surface area contributed by atoms with Gasteiger partial charge in [0.2, 0.25) is 0 Å². The van der Waals surface area contributed by atoms with Crippen molar-refractivity contribution >= 4 is 23.0 Å². The topological polar surface area (TPSA) is 80.5 Å². The first-order chi connectivity index (χ1) is 12.2. The highest BCUT2D eigenvalue weighted by Gasteiger charge is 2.28. The average Bonchev–Trinajstić information content (AvgIpc) is 3.26. The van der Waals surface area contributed by atoms with Gasteiger partial charge in [-0.1, -0.05) is 6.07 Å². The summed E-state index contributed by atoms with van der Waals surface area (Å²) in [5.41, 5.74) is 1.95. The first-order valence-corrected chi connectivity index (χ1v) is 9.11. The fourth-order valence-electron chi connectivity index (χ4n) is 3.09. The van der Waals surface area contributed by atoms with Crippen molar-refractivity contribution in [3.05, 3.63) is 52.1 Å². The van der Waals surface area contributed by atoms with Crippen LogP contribution < -0.4 is 10.6 Å². The zero-order chi connectivity index (χ0) is 17.2. The molecule has 0 aromatic carbocycles. The number of nitrogens with one attached hydrogen (secondary N) is 2.